The molecule has 0 aliphatic carbocycles. The van der Waals surface area contributed by atoms with Crippen molar-refractivity contribution in [2.45, 2.75) is 6.42 Å². The number of fused-ring (bicyclic) bond motifs is 1. The molecular formula is C15H13N3O3S. The van der Waals surface area contributed by atoms with Crippen LogP contribution in [0.5, 0.6) is 5.75 Å². The maximum Gasteiger partial charge on any atom is 0.310 e. The zero-order valence-corrected chi connectivity index (χ0v) is 12.6. The summed E-state index contributed by atoms with van der Waals surface area (Å²) in [6.45, 7) is 0. The standard InChI is InChI=1S/C15H13N3O3S/c1-21-12(20)6-9-7-22-14-13(9)16-8-17-15(14)18-10-2-4-11(19)5-3-10/h2-5,7-8,19H,6H2,1H3,(H,16,17,18). The Kier molecular flexibility index (Phi) is 3.88. The molecule has 0 spiro atoms. The number of aromatic hydroxyl groups is 1. The van der Waals surface area contributed by atoms with E-state index < -0.39 is 0 Å². The minimum atomic E-state index is -0.300. The van der Waals surface area contributed by atoms with Crippen molar-refractivity contribution in [3.05, 3.63) is 41.5 Å². The number of hydrogen-bond acceptors (Lipinski definition) is 7. The van der Waals surface area contributed by atoms with Gasteiger partial charge in [0.25, 0.3) is 0 Å². The lowest BCUT2D eigenvalue weighted by atomic mass is 10.2. The highest BCUT2D eigenvalue weighted by molar-refractivity contribution is 7.18. The summed E-state index contributed by atoms with van der Waals surface area (Å²) in [6.07, 6.45) is 1.64. The van der Waals surface area contributed by atoms with Crippen LogP contribution in [0.25, 0.3) is 10.2 Å². The number of phenols is 1. The molecule has 3 rings (SSSR count). The molecule has 112 valence electrons. The first kappa shape index (κ1) is 14.3. The molecule has 0 radical (unpaired) electrons. The SMILES string of the molecule is COC(=O)Cc1csc2c(Nc3ccc(O)cc3)ncnc12. The van der Waals surface area contributed by atoms with E-state index in [1.807, 2.05) is 5.38 Å². The molecule has 7 heteroatoms. The number of nitrogens with zero attached hydrogens (tertiary/aromatic N) is 2. The second-order valence-corrected chi connectivity index (χ2v) is 5.47. The van der Waals surface area contributed by atoms with Crippen LogP contribution in [0.2, 0.25) is 0 Å². The fourth-order valence-corrected chi connectivity index (χ4v) is 2.99. The van der Waals surface area contributed by atoms with Gasteiger partial charge < -0.3 is 15.2 Å². The van der Waals surface area contributed by atoms with E-state index in [4.69, 9.17) is 4.74 Å². The van der Waals surface area contributed by atoms with Crippen LogP contribution in [-0.2, 0) is 16.0 Å². The molecular weight excluding hydrogens is 302 g/mol. The quantitative estimate of drug-likeness (QED) is 0.569. The van der Waals surface area contributed by atoms with E-state index in [1.165, 1.54) is 24.8 Å². The minimum Gasteiger partial charge on any atom is -0.508 e. The Bertz CT molecular complexity index is 815. The predicted octanol–water partition coefficient (Wildman–Crippen LogP) is 2.86. The summed E-state index contributed by atoms with van der Waals surface area (Å²) in [4.78, 5) is 19.9. The molecule has 0 unspecified atom stereocenters. The van der Waals surface area contributed by atoms with E-state index in [0.29, 0.717) is 5.82 Å². The fraction of sp³-hybridized carbons (Fsp3) is 0.133. The third-order valence-corrected chi connectivity index (χ3v) is 4.14. The molecule has 0 atom stereocenters. The molecule has 2 aromatic heterocycles. The molecule has 3 aromatic rings. The lowest BCUT2D eigenvalue weighted by molar-refractivity contribution is -0.139. The predicted molar refractivity (Wildman–Crippen MR) is 84.5 cm³/mol. The van der Waals surface area contributed by atoms with Crippen LogP contribution >= 0.6 is 11.3 Å². The smallest absolute Gasteiger partial charge is 0.310 e. The summed E-state index contributed by atoms with van der Waals surface area (Å²) in [5.41, 5.74) is 2.37. The summed E-state index contributed by atoms with van der Waals surface area (Å²) in [5.74, 6) is 0.568. The number of anilines is 2. The first-order valence-corrected chi connectivity index (χ1v) is 7.39. The maximum absolute atomic E-state index is 11.4. The normalized spacial score (nSPS) is 10.6. The first-order valence-electron chi connectivity index (χ1n) is 6.51. The maximum atomic E-state index is 11.4. The van der Waals surface area contributed by atoms with Crippen LogP contribution < -0.4 is 5.32 Å². The van der Waals surface area contributed by atoms with Crippen molar-refractivity contribution in [1.82, 2.24) is 9.97 Å². The highest BCUT2D eigenvalue weighted by atomic mass is 32.1. The van der Waals surface area contributed by atoms with Gasteiger partial charge in [-0.05, 0) is 29.6 Å². The number of rotatable bonds is 4. The number of phenolic OH excluding ortho intramolecular Hbond substituents is 1. The number of nitrogens with one attached hydrogen (secondary N) is 1. The molecule has 1 aromatic carbocycles. The Morgan fingerprint density at radius 1 is 1.32 bits per heavy atom. The first-order chi connectivity index (χ1) is 10.7. The zero-order chi connectivity index (χ0) is 15.5. The lowest BCUT2D eigenvalue weighted by Gasteiger charge is -2.06. The van der Waals surface area contributed by atoms with E-state index in [-0.39, 0.29) is 18.1 Å². The van der Waals surface area contributed by atoms with Gasteiger partial charge in [-0.2, -0.15) is 0 Å². The third kappa shape index (κ3) is 2.84. The van der Waals surface area contributed by atoms with E-state index in [2.05, 4.69) is 15.3 Å². The second kappa shape index (κ2) is 5.98. The molecule has 0 bridgehead atoms. The van der Waals surface area contributed by atoms with Crippen LogP contribution in [0, 0.1) is 0 Å². The molecule has 0 saturated carbocycles. The monoisotopic (exact) mass is 315 g/mol. The van der Waals surface area contributed by atoms with E-state index in [0.717, 1.165) is 21.5 Å². The number of benzene rings is 1. The summed E-state index contributed by atoms with van der Waals surface area (Å²) >= 11 is 1.47. The molecule has 0 aliphatic rings. The summed E-state index contributed by atoms with van der Waals surface area (Å²) in [5, 5.41) is 14.4. The number of hydrogen-bond donors (Lipinski definition) is 2. The molecule has 0 saturated heterocycles. The average Bonchev–Trinajstić information content (AvgIpc) is 2.93. The highest BCUT2D eigenvalue weighted by Gasteiger charge is 2.13. The van der Waals surface area contributed by atoms with Gasteiger partial charge in [-0.15, -0.1) is 11.3 Å². The Balaban J connectivity index is 1.93. The second-order valence-electron chi connectivity index (χ2n) is 4.59. The number of carbonyl (C=O) groups is 1. The Hall–Kier alpha value is -2.67. The van der Waals surface area contributed by atoms with Crippen LogP contribution in [0.4, 0.5) is 11.5 Å². The van der Waals surface area contributed by atoms with Crippen molar-refractivity contribution in [1.29, 1.82) is 0 Å². The molecule has 22 heavy (non-hydrogen) atoms. The number of thiophene rings is 1. The van der Waals surface area contributed by atoms with Gasteiger partial charge in [0.05, 0.1) is 23.7 Å². The van der Waals surface area contributed by atoms with Gasteiger partial charge in [-0.1, -0.05) is 0 Å². The van der Waals surface area contributed by atoms with Crippen LogP contribution in [0.15, 0.2) is 36.0 Å². The number of methoxy groups -OCH3 is 1. The van der Waals surface area contributed by atoms with Gasteiger partial charge in [0.2, 0.25) is 0 Å². The molecule has 0 fully saturated rings. The van der Waals surface area contributed by atoms with E-state index >= 15 is 0 Å². The summed E-state index contributed by atoms with van der Waals surface area (Å²) in [6, 6.07) is 6.70. The number of aromatic nitrogens is 2. The third-order valence-electron chi connectivity index (χ3n) is 3.12. The van der Waals surface area contributed by atoms with Crippen molar-refractivity contribution in [2.75, 3.05) is 12.4 Å². The topological polar surface area (TPSA) is 84.3 Å². The Labute approximate surface area is 130 Å². The largest absolute Gasteiger partial charge is 0.508 e. The number of esters is 1. The van der Waals surface area contributed by atoms with Crippen molar-refractivity contribution < 1.29 is 14.6 Å². The Morgan fingerprint density at radius 3 is 2.82 bits per heavy atom. The van der Waals surface area contributed by atoms with Crippen LogP contribution in [0.1, 0.15) is 5.56 Å². The van der Waals surface area contributed by atoms with Gasteiger partial charge in [-0.3, -0.25) is 4.79 Å². The number of ether oxygens (including phenoxy) is 1. The fourth-order valence-electron chi connectivity index (χ4n) is 2.02. The van der Waals surface area contributed by atoms with Crippen molar-refractivity contribution >= 4 is 39.0 Å². The van der Waals surface area contributed by atoms with Crippen molar-refractivity contribution in [2.24, 2.45) is 0 Å². The molecule has 6 nitrogen and oxygen atoms in total. The summed E-state index contributed by atoms with van der Waals surface area (Å²) in [7, 11) is 1.36. The van der Waals surface area contributed by atoms with Crippen LogP contribution in [-0.4, -0.2) is 28.2 Å². The molecule has 2 N–H and O–H groups in total. The van der Waals surface area contributed by atoms with E-state index in [9.17, 15) is 9.90 Å². The number of carbonyl (C=O) groups excluding carboxylic acids is 1. The molecule has 0 aliphatic heterocycles. The zero-order valence-electron chi connectivity index (χ0n) is 11.7. The van der Waals surface area contributed by atoms with Gasteiger partial charge in [-0.25, -0.2) is 9.97 Å². The molecule has 0 amide bonds. The summed E-state index contributed by atoms with van der Waals surface area (Å²) < 4.78 is 5.56. The van der Waals surface area contributed by atoms with Gasteiger partial charge in [0.15, 0.2) is 5.82 Å². The van der Waals surface area contributed by atoms with E-state index in [1.54, 1.807) is 24.3 Å². The van der Waals surface area contributed by atoms with Gasteiger partial charge in [0, 0.05) is 11.3 Å². The van der Waals surface area contributed by atoms with Crippen molar-refractivity contribution in [3.8, 4) is 5.75 Å². The van der Waals surface area contributed by atoms with Crippen molar-refractivity contribution in [3.63, 3.8) is 0 Å². The molecule has 2 heterocycles. The van der Waals surface area contributed by atoms with Gasteiger partial charge >= 0.3 is 5.97 Å². The average molecular weight is 315 g/mol. The minimum absolute atomic E-state index is 0.187. The lowest BCUT2D eigenvalue weighted by Crippen LogP contribution is -2.04. The highest BCUT2D eigenvalue weighted by Crippen LogP contribution is 2.31. The van der Waals surface area contributed by atoms with Crippen LogP contribution in [0.3, 0.4) is 0 Å². The van der Waals surface area contributed by atoms with Gasteiger partial charge in [0.1, 0.15) is 12.1 Å². The Morgan fingerprint density at radius 2 is 2.09 bits per heavy atom.